The lowest BCUT2D eigenvalue weighted by Crippen LogP contribution is -2.45. The van der Waals surface area contributed by atoms with Crippen molar-refractivity contribution in [3.05, 3.63) is 0 Å². The van der Waals surface area contributed by atoms with E-state index >= 15 is 0 Å². The van der Waals surface area contributed by atoms with E-state index in [1.807, 2.05) is 0 Å². The van der Waals surface area contributed by atoms with Crippen LogP contribution < -0.4 is 5.32 Å². The average molecular weight is 281 g/mol. The Balaban J connectivity index is 1.89. The Hall–Kier alpha value is -1.06. The van der Waals surface area contributed by atoms with Crippen molar-refractivity contribution in [3.8, 4) is 0 Å². The van der Waals surface area contributed by atoms with E-state index in [0.29, 0.717) is 30.7 Å². The van der Waals surface area contributed by atoms with E-state index in [1.54, 1.807) is 0 Å². The zero-order chi connectivity index (χ0) is 14.7. The number of rotatable bonds is 4. The number of carbonyl (C=O) groups is 2. The Kier molecular flexibility index (Phi) is 5.06. The third kappa shape index (κ3) is 3.53. The molecule has 0 heterocycles. The molecule has 0 spiro atoms. The SMILES string of the molecule is CC(C)C1CCCCC1NC(=O)[C@@H]1CC[C@H](C(=O)O)C1. The lowest BCUT2D eigenvalue weighted by atomic mass is 9.77. The van der Waals surface area contributed by atoms with E-state index in [9.17, 15) is 9.59 Å². The molecule has 2 saturated carbocycles. The number of hydrogen-bond acceptors (Lipinski definition) is 2. The van der Waals surface area contributed by atoms with Gasteiger partial charge in [0.05, 0.1) is 5.92 Å². The monoisotopic (exact) mass is 281 g/mol. The molecule has 2 N–H and O–H groups in total. The molecular weight excluding hydrogens is 254 g/mol. The van der Waals surface area contributed by atoms with Gasteiger partial charge in [-0.25, -0.2) is 0 Å². The van der Waals surface area contributed by atoms with Gasteiger partial charge in [-0.05, 0) is 43.9 Å². The maximum absolute atomic E-state index is 12.3. The number of nitrogens with one attached hydrogen (secondary N) is 1. The summed E-state index contributed by atoms with van der Waals surface area (Å²) < 4.78 is 0. The Morgan fingerprint density at radius 2 is 1.70 bits per heavy atom. The highest BCUT2D eigenvalue weighted by molar-refractivity contribution is 5.81. The molecule has 2 aliphatic carbocycles. The van der Waals surface area contributed by atoms with Crippen molar-refractivity contribution < 1.29 is 14.7 Å². The van der Waals surface area contributed by atoms with Gasteiger partial charge in [-0.3, -0.25) is 9.59 Å². The fraction of sp³-hybridized carbons (Fsp3) is 0.875. The molecule has 0 aromatic carbocycles. The fourth-order valence-electron chi connectivity index (χ4n) is 3.88. The molecule has 0 aromatic rings. The van der Waals surface area contributed by atoms with Crippen molar-refractivity contribution in [2.45, 2.75) is 64.8 Å². The topological polar surface area (TPSA) is 66.4 Å². The molecule has 0 aromatic heterocycles. The molecule has 114 valence electrons. The average Bonchev–Trinajstić information content (AvgIpc) is 2.89. The molecule has 0 saturated heterocycles. The van der Waals surface area contributed by atoms with Gasteiger partial charge in [-0.1, -0.05) is 26.7 Å². The Morgan fingerprint density at radius 3 is 2.30 bits per heavy atom. The van der Waals surface area contributed by atoms with Crippen LogP contribution in [0.4, 0.5) is 0 Å². The van der Waals surface area contributed by atoms with Crippen LogP contribution in [0.15, 0.2) is 0 Å². The standard InChI is InChI=1S/C16H27NO3/c1-10(2)13-5-3-4-6-14(13)17-15(18)11-7-8-12(9-11)16(19)20/h10-14H,3-9H2,1-2H3,(H,17,18)(H,19,20)/t11-,12+,13?,14?/m1/s1. The predicted molar refractivity (Wildman–Crippen MR) is 77.2 cm³/mol. The second kappa shape index (κ2) is 6.59. The van der Waals surface area contributed by atoms with Crippen LogP contribution in [0.3, 0.4) is 0 Å². The van der Waals surface area contributed by atoms with Gasteiger partial charge in [0.25, 0.3) is 0 Å². The molecule has 0 bridgehead atoms. The van der Waals surface area contributed by atoms with Crippen molar-refractivity contribution in [1.29, 1.82) is 0 Å². The molecule has 2 fully saturated rings. The number of hydrogen-bond donors (Lipinski definition) is 2. The van der Waals surface area contributed by atoms with E-state index in [0.717, 1.165) is 12.8 Å². The number of carbonyl (C=O) groups excluding carboxylic acids is 1. The van der Waals surface area contributed by atoms with Gasteiger partial charge in [0.1, 0.15) is 0 Å². The van der Waals surface area contributed by atoms with Crippen LogP contribution in [0.25, 0.3) is 0 Å². The molecule has 4 heteroatoms. The summed E-state index contributed by atoms with van der Waals surface area (Å²) in [6.45, 7) is 4.45. The van der Waals surface area contributed by atoms with Crippen LogP contribution in [0.5, 0.6) is 0 Å². The van der Waals surface area contributed by atoms with Crippen molar-refractivity contribution >= 4 is 11.9 Å². The first kappa shape index (κ1) is 15.3. The van der Waals surface area contributed by atoms with Gasteiger partial charge in [0.2, 0.25) is 5.91 Å². The second-order valence-corrected chi connectivity index (χ2v) is 6.85. The first-order chi connectivity index (χ1) is 9.49. The van der Waals surface area contributed by atoms with Gasteiger partial charge in [0, 0.05) is 12.0 Å². The maximum Gasteiger partial charge on any atom is 0.306 e. The van der Waals surface area contributed by atoms with Crippen LogP contribution in [0, 0.1) is 23.7 Å². The van der Waals surface area contributed by atoms with Crippen LogP contribution >= 0.6 is 0 Å². The van der Waals surface area contributed by atoms with Gasteiger partial charge in [-0.15, -0.1) is 0 Å². The number of aliphatic carboxylic acids is 1. The van der Waals surface area contributed by atoms with Crippen LogP contribution in [-0.2, 0) is 9.59 Å². The van der Waals surface area contributed by atoms with Gasteiger partial charge in [0.15, 0.2) is 0 Å². The number of amides is 1. The quantitative estimate of drug-likeness (QED) is 0.832. The highest BCUT2D eigenvalue weighted by Gasteiger charge is 2.36. The molecule has 1 amide bonds. The Morgan fingerprint density at radius 1 is 1.05 bits per heavy atom. The van der Waals surface area contributed by atoms with Gasteiger partial charge < -0.3 is 10.4 Å². The largest absolute Gasteiger partial charge is 0.481 e. The molecule has 0 radical (unpaired) electrons. The van der Waals surface area contributed by atoms with Gasteiger partial charge >= 0.3 is 5.97 Å². The van der Waals surface area contributed by atoms with Crippen molar-refractivity contribution in [1.82, 2.24) is 5.32 Å². The van der Waals surface area contributed by atoms with Crippen LogP contribution in [0.2, 0.25) is 0 Å². The second-order valence-electron chi connectivity index (χ2n) is 6.85. The van der Waals surface area contributed by atoms with Crippen molar-refractivity contribution in [2.75, 3.05) is 0 Å². The lowest BCUT2D eigenvalue weighted by Gasteiger charge is -2.35. The Labute approximate surface area is 121 Å². The summed E-state index contributed by atoms with van der Waals surface area (Å²) in [6, 6.07) is 0.292. The summed E-state index contributed by atoms with van der Waals surface area (Å²) in [7, 11) is 0. The number of carboxylic acid groups (broad SMARTS) is 1. The fourth-order valence-corrected chi connectivity index (χ4v) is 3.88. The summed E-state index contributed by atoms with van der Waals surface area (Å²) in [5, 5.41) is 12.2. The number of carboxylic acids is 1. The lowest BCUT2D eigenvalue weighted by molar-refractivity contribution is -0.141. The zero-order valence-electron chi connectivity index (χ0n) is 12.6. The zero-order valence-corrected chi connectivity index (χ0v) is 12.6. The molecule has 2 rings (SSSR count). The van der Waals surface area contributed by atoms with E-state index in [4.69, 9.17) is 5.11 Å². The molecule has 4 atom stereocenters. The molecule has 2 unspecified atom stereocenters. The summed E-state index contributed by atoms with van der Waals surface area (Å²) in [5.41, 5.74) is 0. The first-order valence-electron chi connectivity index (χ1n) is 8.02. The van der Waals surface area contributed by atoms with E-state index in [2.05, 4.69) is 19.2 Å². The minimum atomic E-state index is -0.752. The van der Waals surface area contributed by atoms with Crippen molar-refractivity contribution in [2.24, 2.45) is 23.7 Å². The summed E-state index contributed by atoms with van der Waals surface area (Å²) >= 11 is 0. The highest BCUT2D eigenvalue weighted by atomic mass is 16.4. The van der Waals surface area contributed by atoms with Crippen LogP contribution in [-0.4, -0.2) is 23.0 Å². The summed E-state index contributed by atoms with van der Waals surface area (Å²) in [5.74, 6) is 0.0912. The summed E-state index contributed by atoms with van der Waals surface area (Å²) in [6.07, 6.45) is 6.61. The van der Waals surface area contributed by atoms with Crippen molar-refractivity contribution in [3.63, 3.8) is 0 Å². The van der Waals surface area contributed by atoms with E-state index in [-0.39, 0.29) is 17.7 Å². The minimum Gasteiger partial charge on any atom is -0.481 e. The normalized spacial score (nSPS) is 34.1. The molecular formula is C16H27NO3. The van der Waals surface area contributed by atoms with Gasteiger partial charge in [-0.2, -0.15) is 0 Å². The summed E-state index contributed by atoms with van der Waals surface area (Å²) in [4.78, 5) is 23.3. The predicted octanol–water partition coefficient (Wildman–Crippen LogP) is 2.82. The maximum atomic E-state index is 12.3. The molecule has 0 aliphatic heterocycles. The van der Waals surface area contributed by atoms with Crippen LogP contribution in [0.1, 0.15) is 58.8 Å². The minimum absolute atomic E-state index is 0.0892. The van der Waals surface area contributed by atoms with E-state index in [1.165, 1.54) is 19.3 Å². The third-order valence-corrected chi connectivity index (χ3v) is 5.16. The van der Waals surface area contributed by atoms with E-state index < -0.39 is 5.97 Å². The third-order valence-electron chi connectivity index (χ3n) is 5.16. The Bertz CT molecular complexity index is 367. The first-order valence-corrected chi connectivity index (χ1v) is 8.02. The molecule has 4 nitrogen and oxygen atoms in total. The highest BCUT2D eigenvalue weighted by Crippen LogP contribution is 2.33. The smallest absolute Gasteiger partial charge is 0.306 e. The molecule has 2 aliphatic rings. The molecule has 20 heavy (non-hydrogen) atoms.